The van der Waals surface area contributed by atoms with Gasteiger partial charge in [0, 0.05) is 24.2 Å². The summed E-state index contributed by atoms with van der Waals surface area (Å²) in [6.45, 7) is 1.88. The molecule has 0 aromatic carbocycles. The van der Waals surface area contributed by atoms with Crippen molar-refractivity contribution in [3.05, 3.63) is 11.8 Å². The van der Waals surface area contributed by atoms with Gasteiger partial charge in [-0.15, -0.1) is 0 Å². The predicted octanol–water partition coefficient (Wildman–Crippen LogP) is 0.674. The van der Waals surface area contributed by atoms with Crippen LogP contribution in [0.5, 0.6) is 0 Å². The van der Waals surface area contributed by atoms with Crippen LogP contribution in [0.3, 0.4) is 0 Å². The van der Waals surface area contributed by atoms with Gasteiger partial charge in [0.05, 0.1) is 0 Å². The Morgan fingerprint density at radius 1 is 1.41 bits per heavy atom. The summed E-state index contributed by atoms with van der Waals surface area (Å²) in [5.74, 6) is 2.64. The zero-order chi connectivity index (χ0) is 11.8. The average molecular weight is 232 g/mol. The van der Waals surface area contributed by atoms with E-state index in [9.17, 15) is 0 Å². The van der Waals surface area contributed by atoms with Crippen molar-refractivity contribution in [2.45, 2.75) is 32.2 Å². The van der Waals surface area contributed by atoms with Crippen molar-refractivity contribution in [1.82, 2.24) is 20.8 Å². The van der Waals surface area contributed by atoms with E-state index in [1.54, 1.807) is 0 Å². The summed E-state index contributed by atoms with van der Waals surface area (Å²) < 4.78 is 0. The standard InChI is InChI=1S/C11H16N6/c1-6-4-9(15-11(12)13-6)14-10-5-8(16-17-10)7-2-3-7/h4,7-8,16H,2-3,5H2,1H3,(H3,12,13,14,15,17). The third-order valence-electron chi connectivity index (χ3n) is 3.11. The molecule has 1 aliphatic heterocycles. The fourth-order valence-corrected chi connectivity index (χ4v) is 2.11. The number of hydrogen-bond donors (Lipinski definition) is 3. The first-order valence-electron chi connectivity index (χ1n) is 5.91. The van der Waals surface area contributed by atoms with E-state index in [-0.39, 0.29) is 5.95 Å². The highest BCUT2D eigenvalue weighted by molar-refractivity contribution is 5.86. The van der Waals surface area contributed by atoms with Gasteiger partial charge in [0.15, 0.2) is 5.82 Å². The molecule has 3 rings (SSSR count). The van der Waals surface area contributed by atoms with Crippen molar-refractivity contribution in [1.29, 1.82) is 0 Å². The third-order valence-corrected chi connectivity index (χ3v) is 3.11. The maximum atomic E-state index is 5.59. The maximum absolute atomic E-state index is 5.59. The number of anilines is 1. The Balaban J connectivity index is 1.76. The predicted molar refractivity (Wildman–Crippen MR) is 65.7 cm³/mol. The molecule has 2 aliphatic rings. The summed E-state index contributed by atoms with van der Waals surface area (Å²) in [5, 5.41) is 0. The number of nitrogens with two attached hydrogens (primary N) is 1. The molecule has 0 bridgehead atoms. The van der Waals surface area contributed by atoms with Crippen LogP contribution in [-0.2, 0) is 0 Å². The van der Waals surface area contributed by atoms with Crippen molar-refractivity contribution in [3.63, 3.8) is 0 Å². The number of nitrogens with one attached hydrogen (secondary N) is 2. The van der Waals surface area contributed by atoms with Crippen LogP contribution in [0, 0.1) is 12.8 Å². The molecule has 1 unspecified atom stereocenters. The molecule has 6 nitrogen and oxygen atoms in total. The summed E-state index contributed by atoms with van der Waals surface area (Å²) in [4.78, 5) is 12.6. The van der Waals surface area contributed by atoms with Gasteiger partial charge in [-0.05, 0) is 25.7 Å². The molecule has 1 aliphatic carbocycles. The number of nitrogen functional groups attached to an aromatic ring is 1. The Labute approximate surface area is 99.7 Å². The summed E-state index contributed by atoms with van der Waals surface area (Å²) in [6.07, 6.45) is 3.59. The SMILES string of the molecule is Cc1cc(N=C2CC(C3CC3)NN2)nc(N)n1. The van der Waals surface area contributed by atoms with Crippen LogP contribution >= 0.6 is 0 Å². The number of rotatable bonds is 2. The maximum Gasteiger partial charge on any atom is 0.222 e. The average Bonchev–Trinajstić information content (AvgIpc) is 2.99. The van der Waals surface area contributed by atoms with E-state index < -0.39 is 0 Å². The minimum Gasteiger partial charge on any atom is -0.368 e. The van der Waals surface area contributed by atoms with E-state index in [0.29, 0.717) is 11.9 Å². The van der Waals surface area contributed by atoms with Gasteiger partial charge in [-0.2, -0.15) is 4.98 Å². The second-order valence-electron chi connectivity index (χ2n) is 4.70. The monoisotopic (exact) mass is 232 g/mol. The number of aliphatic imine (C=N–C) groups is 1. The Bertz CT molecular complexity index is 445. The normalized spacial score (nSPS) is 26.2. The highest BCUT2D eigenvalue weighted by atomic mass is 15.4. The van der Waals surface area contributed by atoms with Gasteiger partial charge in [-0.1, -0.05) is 0 Å². The van der Waals surface area contributed by atoms with Crippen molar-refractivity contribution in [2.75, 3.05) is 5.73 Å². The van der Waals surface area contributed by atoms with Gasteiger partial charge in [0.1, 0.15) is 5.84 Å². The first-order chi connectivity index (χ1) is 8.20. The van der Waals surface area contributed by atoms with Crippen LogP contribution in [0.25, 0.3) is 0 Å². The van der Waals surface area contributed by atoms with Crippen molar-refractivity contribution < 1.29 is 0 Å². The molecule has 0 spiro atoms. The lowest BCUT2D eigenvalue weighted by molar-refractivity contribution is 0.504. The summed E-state index contributed by atoms with van der Waals surface area (Å²) in [7, 11) is 0. The smallest absolute Gasteiger partial charge is 0.222 e. The molecule has 1 aromatic heterocycles. The van der Waals surface area contributed by atoms with Crippen LogP contribution in [0.4, 0.5) is 11.8 Å². The minimum absolute atomic E-state index is 0.272. The van der Waals surface area contributed by atoms with E-state index >= 15 is 0 Å². The lowest BCUT2D eigenvalue weighted by Gasteiger charge is -2.03. The van der Waals surface area contributed by atoms with Gasteiger partial charge in [-0.25, -0.2) is 15.4 Å². The van der Waals surface area contributed by atoms with Gasteiger partial charge >= 0.3 is 0 Å². The van der Waals surface area contributed by atoms with E-state index in [2.05, 4.69) is 25.8 Å². The molecule has 4 N–H and O–H groups in total. The van der Waals surface area contributed by atoms with Gasteiger partial charge in [0.2, 0.25) is 5.95 Å². The van der Waals surface area contributed by atoms with Crippen LogP contribution in [0.15, 0.2) is 11.1 Å². The topological polar surface area (TPSA) is 88.2 Å². The second kappa shape index (κ2) is 3.96. The van der Waals surface area contributed by atoms with Gasteiger partial charge < -0.3 is 11.2 Å². The molecule has 2 fully saturated rings. The molecule has 1 saturated carbocycles. The highest BCUT2D eigenvalue weighted by Gasteiger charge is 2.35. The fourth-order valence-electron chi connectivity index (χ4n) is 2.11. The first-order valence-corrected chi connectivity index (χ1v) is 5.91. The minimum atomic E-state index is 0.272. The first kappa shape index (κ1) is 10.5. The Morgan fingerprint density at radius 3 is 2.94 bits per heavy atom. The molecular formula is C11H16N6. The third kappa shape index (κ3) is 2.36. The Hall–Kier alpha value is -1.69. The molecule has 90 valence electrons. The molecule has 0 radical (unpaired) electrons. The van der Waals surface area contributed by atoms with Gasteiger partial charge in [-0.3, -0.25) is 0 Å². The van der Waals surface area contributed by atoms with Crippen LogP contribution in [0.2, 0.25) is 0 Å². The molecule has 0 amide bonds. The van der Waals surface area contributed by atoms with E-state index in [1.165, 1.54) is 12.8 Å². The lowest BCUT2D eigenvalue weighted by Crippen LogP contribution is -2.32. The molecule has 1 saturated heterocycles. The Morgan fingerprint density at radius 2 is 2.24 bits per heavy atom. The molecule has 1 atom stereocenters. The van der Waals surface area contributed by atoms with Crippen molar-refractivity contribution in [2.24, 2.45) is 10.9 Å². The molecule has 1 aromatic rings. The quantitative estimate of drug-likeness (QED) is 0.697. The summed E-state index contributed by atoms with van der Waals surface area (Å²) >= 11 is 0. The Kier molecular flexibility index (Phi) is 2.44. The van der Waals surface area contributed by atoms with Gasteiger partial charge in [0.25, 0.3) is 0 Å². The molecule has 6 heteroatoms. The second-order valence-corrected chi connectivity index (χ2v) is 4.70. The summed E-state index contributed by atoms with van der Waals surface area (Å²) in [5.41, 5.74) is 12.8. The lowest BCUT2D eigenvalue weighted by atomic mass is 10.1. The van der Waals surface area contributed by atoms with E-state index in [4.69, 9.17) is 5.73 Å². The van der Waals surface area contributed by atoms with Crippen LogP contribution in [-0.4, -0.2) is 21.8 Å². The molecule has 2 heterocycles. The number of hydrazine groups is 1. The van der Waals surface area contributed by atoms with Crippen LogP contribution < -0.4 is 16.6 Å². The highest BCUT2D eigenvalue weighted by Crippen LogP contribution is 2.35. The number of aryl methyl sites for hydroxylation is 1. The summed E-state index contributed by atoms with van der Waals surface area (Å²) in [6, 6.07) is 2.35. The number of aromatic nitrogens is 2. The molecular weight excluding hydrogens is 216 g/mol. The van der Waals surface area contributed by atoms with E-state index in [1.807, 2.05) is 13.0 Å². The fraction of sp³-hybridized carbons (Fsp3) is 0.545. The largest absolute Gasteiger partial charge is 0.368 e. The van der Waals surface area contributed by atoms with Crippen molar-refractivity contribution >= 4 is 17.6 Å². The van der Waals surface area contributed by atoms with Crippen LogP contribution in [0.1, 0.15) is 25.0 Å². The number of nitrogens with zero attached hydrogens (tertiary/aromatic N) is 3. The number of amidine groups is 1. The zero-order valence-electron chi connectivity index (χ0n) is 9.77. The molecule has 17 heavy (non-hydrogen) atoms. The van der Waals surface area contributed by atoms with Crippen molar-refractivity contribution in [3.8, 4) is 0 Å². The number of hydrogen-bond acceptors (Lipinski definition) is 5. The zero-order valence-corrected chi connectivity index (χ0v) is 9.77. The van der Waals surface area contributed by atoms with E-state index in [0.717, 1.165) is 23.9 Å².